The highest BCUT2D eigenvalue weighted by Gasteiger charge is 2.16. The predicted molar refractivity (Wildman–Crippen MR) is 77.1 cm³/mol. The smallest absolute Gasteiger partial charge is 0.252 e. The summed E-state index contributed by atoms with van der Waals surface area (Å²) >= 11 is 3.39. The molecule has 0 heterocycles. The van der Waals surface area contributed by atoms with Gasteiger partial charge >= 0.3 is 0 Å². The van der Waals surface area contributed by atoms with E-state index in [2.05, 4.69) is 35.1 Å². The number of rotatable bonds is 5. The highest BCUT2D eigenvalue weighted by molar-refractivity contribution is 9.10. The number of nitrogens with one attached hydrogen (secondary N) is 1. The van der Waals surface area contributed by atoms with Gasteiger partial charge in [-0.15, -0.1) is 0 Å². The van der Waals surface area contributed by atoms with Crippen LogP contribution in [-0.4, -0.2) is 19.1 Å². The average Bonchev–Trinajstić information content (AvgIpc) is 2.38. The van der Waals surface area contributed by atoms with Crippen molar-refractivity contribution in [2.75, 3.05) is 7.11 Å². The molecular formula is C14H20BrNO2. The molecule has 0 bridgehead atoms. The minimum atomic E-state index is -0.0754. The Morgan fingerprint density at radius 3 is 2.67 bits per heavy atom. The minimum Gasteiger partial charge on any atom is -0.497 e. The minimum absolute atomic E-state index is 0.0754. The lowest BCUT2D eigenvalue weighted by Gasteiger charge is -2.20. The van der Waals surface area contributed by atoms with Crippen molar-refractivity contribution in [1.82, 2.24) is 5.32 Å². The molecule has 0 aromatic heterocycles. The summed E-state index contributed by atoms with van der Waals surface area (Å²) in [6, 6.07) is 5.53. The fourth-order valence-corrected chi connectivity index (χ4v) is 2.01. The molecule has 3 nitrogen and oxygen atoms in total. The molecule has 100 valence electrons. The zero-order chi connectivity index (χ0) is 13.7. The first kappa shape index (κ1) is 15.0. The summed E-state index contributed by atoms with van der Waals surface area (Å²) in [6.07, 6.45) is 1.04. The number of carbonyl (C=O) groups is 1. The van der Waals surface area contributed by atoms with Crippen LogP contribution in [0.2, 0.25) is 0 Å². The van der Waals surface area contributed by atoms with E-state index in [9.17, 15) is 4.79 Å². The molecule has 0 aliphatic carbocycles. The maximum absolute atomic E-state index is 12.2. The molecule has 1 amide bonds. The molecule has 1 aromatic rings. The molecule has 0 aliphatic rings. The van der Waals surface area contributed by atoms with E-state index >= 15 is 0 Å². The Morgan fingerprint density at radius 1 is 1.44 bits per heavy atom. The van der Waals surface area contributed by atoms with E-state index in [1.165, 1.54) is 0 Å². The van der Waals surface area contributed by atoms with Crippen molar-refractivity contribution in [2.24, 2.45) is 5.92 Å². The second kappa shape index (κ2) is 6.78. The summed E-state index contributed by atoms with van der Waals surface area (Å²) in [6.45, 7) is 6.28. The van der Waals surface area contributed by atoms with Crippen molar-refractivity contribution in [1.29, 1.82) is 0 Å². The van der Waals surface area contributed by atoms with Crippen LogP contribution < -0.4 is 10.1 Å². The zero-order valence-corrected chi connectivity index (χ0v) is 12.9. The standard InChI is InChI=1S/C14H20BrNO2/c1-5-9(2)10(3)16-14(17)12-8-11(18-4)6-7-13(12)15/h6-10H,5H2,1-4H3,(H,16,17). The third-order valence-corrected chi connectivity index (χ3v) is 3.97. The molecule has 0 saturated carbocycles. The van der Waals surface area contributed by atoms with Gasteiger partial charge < -0.3 is 10.1 Å². The number of ether oxygens (including phenoxy) is 1. The van der Waals surface area contributed by atoms with Gasteiger partial charge in [0.1, 0.15) is 5.75 Å². The van der Waals surface area contributed by atoms with Gasteiger partial charge in [0.2, 0.25) is 0 Å². The van der Waals surface area contributed by atoms with Crippen LogP contribution >= 0.6 is 15.9 Å². The lowest BCUT2D eigenvalue weighted by atomic mass is 10.0. The largest absolute Gasteiger partial charge is 0.497 e. The molecule has 1 aromatic carbocycles. The molecule has 1 rings (SSSR count). The summed E-state index contributed by atoms with van der Waals surface area (Å²) < 4.78 is 5.91. The Morgan fingerprint density at radius 2 is 2.11 bits per heavy atom. The zero-order valence-electron chi connectivity index (χ0n) is 11.3. The normalized spacial score (nSPS) is 13.8. The van der Waals surface area contributed by atoms with Crippen LogP contribution in [0.25, 0.3) is 0 Å². The van der Waals surface area contributed by atoms with Gasteiger partial charge in [0, 0.05) is 10.5 Å². The number of methoxy groups -OCH3 is 1. The fourth-order valence-electron chi connectivity index (χ4n) is 1.59. The topological polar surface area (TPSA) is 38.3 Å². The van der Waals surface area contributed by atoms with Crippen molar-refractivity contribution in [2.45, 2.75) is 33.2 Å². The molecule has 18 heavy (non-hydrogen) atoms. The van der Waals surface area contributed by atoms with Gasteiger partial charge in [0.05, 0.1) is 12.7 Å². The van der Waals surface area contributed by atoms with Crippen molar-refractivity contribution >= 4 is 21.8 Å². The van der Waals surface area contributed by atoms with Crippen LogP contribution in [0.15, 0.2) is 22.7 Å². The third kappa shape index (κ3) is 3.73. The number of carbonyl (C=O) groups excluding carboxylic acids is 1. The summed E-state index contributed by atoms with van der Waals surface area (Å²) in [5.74, 6) is 1.06. The molecule has 1 N–H and O–H groups in total. The summed E-state index contributed by atoms with van der Waals surface area (Å²) in [5, 5.41) is 3.01. The molecule has 4 heteroatoms. The van der Waals surface area contributed by atoms with Gasteiger partial charge in [0.15, 0.2) is 0 Å². The maximum atomic E-state index is 12.2. The monoisotopic (exact) mass is 313 g/mol. The number of amides is 1. The Labute approximate surface area is 117 Å². The van der Waals surface area contributed by atoms with Crippen molar-refractivity contribution in [3.05, 3.63) is 28.2 Å². The Balaban J connectivity index is 2.83. The Bertz CT molecular complexity index is 420. The molecule has 2 atom stereocenters. The van der Waals surface area contributed by atoms with E-state index in [1.54, 1.807) is 13.2 Å². The van der Waals surface area contributed by atoms with Gasteiger partial charge in [0.25, 0.3) is 5.91 Å². The predicted octanol–water partition coefficient (Wildman–Crippen LogP) is 3.62. The second-order valence-corrected chi connectivity index (χ2v) is 5.35. The molecule has 0 fully saturated rings. The Kier molecular flexibility index (Phi) is 5.66. The average molecular weight is 314 g/mol. The molecule has 0 radical (unpaired) electrons. The van der Waals surface area contributed by atoms with E-state index in [0.717, 1.165) is 10.9 Å². The van der Waals surface area contributed by atoms with Gasteiger partial charge in [-0.25, -0.2) is 0 Å². The van der Waals surface area contributed by atoms with Crippen LogP contribution in [0.1, 0.15) is 37.6 Å². The number of halogens is 1. The van der Waals surface area contributed by atoms with Gasteiger partial charge in [-0.2, -0.15) is 0 Å². The molecule has 0 spiro atoms. The van der Waals surface area contributed by atoms with E-state index in [0.29, 0.717) is 17.2 Å². The van der Waals surface area contributed by atoms with Crippen LogP contribution in [0.4, 0.5) is 0 Å². The molecule has 0 saturated heterocycles. The van der Waals surface area contributed by atoms with Crippen molar-refractivity contribution in [3.8, 4) is 5.75 Å². The highest BCUT2D eigenvalue weighted by Crippen LogP contribution is 2.22. The summed E-state index contributed by atoms with van der Waals surface area (Å²) in [7, 11) is 1.59. The fraction of sp³-hybridized carbons (Fsp3) is 0.500. The quantitative estimate of drug-likeness (QED) is 0.901. The third-order valence-electron chi connectivity index (χ3n) is 3.27. The van der Waals surface area contributed by atoms with E-state index in [-0.39, 0.29) is 11.9 Å². The van der Waals surface area contributed by atoms with Crippen LogP contribution in [0, 0.1) is 5.92 Å². The van der Waals surface area contributed by atoms with Gasteiger partial charge in [-0.3, -0.25) is 4.79 Å². The maximum Gasteiger partial charge on any atom is 0.252 e. The van der Waals surface area contributed by atoms with Crippen LogP contribution in [0.3, 0.4) is 0 Å². The van der Waals surface area contributed by atoms with E-state index in [1.807, 2.05) is 19.1 Å². The molecule has 0 aliphatic heterocycles. The Hall–Kier alpha value is -1.03. The van der Waals surface area contributed by atoms with E-state index in [4.69, 9.17) is 4.74 Å². The molecule has 2 unspecified atom stereocenters. The first-order valence-electron chi connectivity index (χ1n) is 6.14. The van der Waals surface area contributed by atoms with Gasteiger partial charge in [-0.1, -0.05) is 20.3 Å². The first-order valence-corrected chi connectivity index (χ1v) is 6.93. The van der Waals surface area contributed by atoms with Crippen LogP contribution in [0.5, 0.6) is 5.75 Å². The number of hydrogen-bond donors (Lipinski definition) is 1. The van der Waals surface area contributed by atoms with Crippen molar-refractivity contribution in [3.63, 3.8) is 0 Å². The molecular weight excluding hydrogens is 294 g/mol. The van der Waals surface area contributed by atoms with Crippen molar-refractivity contribution < 1.29 is 9.53 Å². The number of hydrogen-bond acceptors (Lipinski definition) is 2. The SMILES string of the molecule is CCC(C)C(C)NC(=O)c1cc(OC)ccc1Br. The lowest BCUT2D eigenvalue weighted by Crippen LogP contribution is -2.37. The second-order valence-electron chi connectivity index (χ2n) is 4.49. The lowest BCUT2D eigenvalue weighted by molar-refractivity contribution is 0.0927. The highest BCUT2D eigenvalue weighted by atomic mass is 79.9. The summed E-state index contributed by atoms with van der Waals surface area (Å²) in [4.78, 5) is 12.2. The van der Waals surface area contributed by atoms with Gasteiger partial charge in [-0.05, 0) is 47.0 Å². The first-order chi connectivity index (χ1) is 8.49. The summed E-state index contributed by atoms with van der Waals surface area (Å²) in [5.41, 5.74) is 0.601. The van der Waals surface area contributed by atoms with Crippen LogP contribution in [-0.2, 0) is 0 Å². The number of benzene rings is 1. The van der Waals surface area contributed by atoms with E-state index < -0.39 is 0 Å².